The molecule has 6 nitrogen and oxygen atoms in total. The van der Waals surface area contributed by atoms with Crippen LogP contribution in [0, 0.1) is 6.92 Å². The smallest absolute Gasteiger partial charge is 0.243 e. The summed E-state index contributed by atoms with van der Waals surface area (Å²) in [6.07, 6.45) is 1.84. The maximum Gasteiger partial charge on any atom is 0.243 e. The Bertz CT molecular complexity index is 919. The molecule has 0 aromatic heterocycles. The number of sulfonamides is 1. The van der Waals surface area contributed by atoms with E-state index in [1.165, 1.54) is 22.5 Å². The highest BCUT2D eigenvalue weighted by Gasteiger charge is 2.27. The van der Waals surface area contributed by atoms with Gasteiger partial charge in [0, 0.05) is 13.1 Å². The van der Waals surface area contributed by atoms with Gasteiger partial charge < -0.3 is 10.4 Å². The van der Waals surface area contributed by atoms with E-state index in [1.807, 2.05) is 31.2 Å². The number of rotatable bonds is 5. The van der Waals surface area contributed by atoms with E-state index < -0.39 is 10.0 Å². The van der Waals surface area contributed by atoms with Crippen LogP contribution in [0.1, 0.15) is 24.0 Å². The Labute approximate surface area is 153 Å². The van der Waals surface area contributed by atoms with E-state index >= 15 is 0 Å². The number of hydrogen-bond donors (Lipinski definition) is 2. The molecule has 1 saturated heterocycles. The third-order valence-electron chi connectivity index (χ3n) is 4.56. The van der Waals surface area contributed by atoms with E-state index in [4.69, 9.17) is 0 Å². The Morgan fingerprint density at radius 1 is 1.15 bits per heavy atom. The highest BCUT2D eigenvalue weighted by Crippen LogP contribution is 2.29. The van der Waals surface area contributed by atoms with Gasteiger partial charge in [0.1, 0.15) is 5.75 Å². The molecule has 1 heterocycles. The summed E-state index contributed by atoms with van der Waals surface area (Å²) in [7, 11) is -3.61. The van der Waals surface area contributed by atoms with Crippen LogP contribution in [-0.4, -0.2) is 36.8 Å². The topological polar surface area (TPSA) is 86.7 Å². The number of carbonyl (C=O) groups excluding carboxylic acids is 1. The van der Waals surface area contributed by atoms with E-state index in [2.05, 4.69) is 5.32 Å². The Balaban J connectivity index is 1.80. The molecule has 3 rings (SSSR count). The highest BCUT2D eigenvalue weighted by molar-refractivity contribution is 7.89. The lowest BCUT2D eigenvalue weighted by atomic mass is 10.1. The van der Waals surface area contributed by atoms with Gasteiger partial charge in [-0.05, 0) is 49.1 Å². The van der Waals surface area contributed by atoms with Gasteiger partial charge in [-0.25, -0.2) is 8.42 Å². The van der Waals surface area contributed by atoms with Crippen LogP contribution in [0.2, 0.25) is 0 Å². The second-order valence-electron chi connectivity index (χ2n) is 6.44. The van der Waals surface area contributed by atoms with Crippen LogP contribution in [0.5, 0.6) is 5.75 Å². The number of hydrogen-bond acceptors (Lipinski definition) is 4. The fraction of sp³-hybridized carbons (Fsp3) is 0.316. The predicted octanol–water partition coefficient (Wildman–Crippen LogP) is 2.67. The van der Waals surface area contributed by atoms with Crippen molar-refractivity contribution < 1.29 is 18.3 Å². The Morgan fingerprint density at radius 3 is 2.54 bits per heavy atom. The quantitative estimate of drug-likeness (QED) is 0.788. The molecule has 0 saturated carbocycles. The molecule has 0 aliphatic carbocycles. The van der Waals surface area contributed by atoms with Gasteiger partial charge in [-0.1, -0.05) is 24.3 Å². The second kappa shape index (κ2) is 7.47. The number of nitrogens with one attached hydrogen (secondary N) is 1. The van der Waals surface area contributed by atoms with Crippen LogP contribution in [0.3, 0.4) is 0 Å². The summed E-state index contributed by atoms with van der Waals surface area (Å²) in [5.74, 6) is -0.478. The molecule has 1 aliphatic rings. The fourth-order valence-corrected chi connectivity index (χ4v) is 4.57. The van der Waals surface area contributed by atoms with Gasteiger partial charge in [0.15, 0.2) is 0 Å². The van der Waals surface area contributed by atoms with E-state index in [0.29, 0.717) is 13.1 Å². The fourth-order valence-electron chi connectivity index (χ4n) is 3.03. The van der Waals surface area contributed by atoms with Crippen molar-refractivity contribution in [1.29, 1.82) is 0 Å². The molecule has 2 aromatic rings. The zero-order chi connectivity index (χ0) is 18.7. The summed E-state index contributed by atoms with van der Waals surface area (Å²) in [5, 5.41) is 12.6. The number of aryl methyl sites for hydroxylation is 1. The first kappa shape index (κ1) is 18.4. The molecule has 7 heteroatoms. The van der Waals surface area contributed by atoms with E-state index in [1.54, 1.807) is 0 Å². The summed E-state index contributed by atoms with van der Waals surface area (Å²) >= 11 is 0. The van der Waals surface area contributed by atoms with Gasteiger partial charge in [-0.3, -0.25) is 4.79 Å². The number of carbonyl (C=O) groups is 1. The summed E-state index contributed by atoms with van der Waals surface area (Å²) < 4.78 is 26.7. The van der Waals surface area contributed by atoms with Crippen LogP contribution in [0.15, 0.2) is 47.4 Å². The van der Waals surface area contributed by atoms with Crippen molar-refractivity contribution in [3.05, 3.63) is 53.6 Å². The Kier molecular flexibility index (Phi) is 5.29. The van der Waals surface area contributed by atoms with Crippen molar-refractivity contribution in [3.8, 4) is 5.75 Å². The SMILES string of the molecule is Cc1ccccc1CC(=O)Nc1cc(S(=O)(=O)N2CCCC2)ccc1O. The molecule has 0 bridgehead atoms. The first-order valence-corrected chi connectivity index (χ1v) is 9.99. The minimum absolute atomic E-state index is 0.0726. The standard InChI is InChI=1S/C19H22N2O4S/c1-14-6-2-3-7-15(14)12-19(23)20-17-13-16(8-9-18(17)22)26(24,25)21-10-4-5-11-21/h2-3,6-9,13,22H,4-5,10-12H2,1H3,(H,20,23). The molecule has 138 valence electrons. The van der Waals surface area contributed by atoms with Crippen molar-refractivity contribution in [3.63, 3.8) is 0 Å². The van der Waals surface area contributed by atoms with Crippen LogP contribution < -0.4 is 5.32 Å². The van der Waals surface area contributed by atoms with Crippen LogP contribution >= 0.6 is 0 Å². The summed E-state index contributed by atoms with van der Waals surface area (Å²) in [4.78, 5) is 12.4. The first-order valence-electron chi connectivity index (χ1n) is 8.55. The average Bonchev–Trinajstić information content (AvgIpc) is 3.14. The lowest BCUT2D eigenvalue weighted by molar-refractivity contribution is -0.115. The molecule has 1 amide bonds. The third kappa shape index (κ3) is 3.89. The minimum atomic E-state index is -3.61. The zero-order valence-corrected chi connectivity index (χ0v) is 15.4. The number of phenols is 1. The Morgan fingerprint density at radius 2 is 1.85 bits per heavy atom. The molecule has 2 aromatic carbocycles. The van der Waals surface area contributed by atoms with Crippen molar-refractivity contribution >= 4 is 21.6 Å². The van der Waals surface area contributed by atoms with Gasteiger partial charge in [-0.15, -0.1) is 0 Å². The van der Waals surface area contributed by atoms with Gasteiger partial charge in [0.05, 0.1) is 17.0 Å². The molecule has 26 heavy (non-hydrogen) atoms. The minimum Gasteiger partial charge on any atom is -0.506 e. The number of amides is 1. The van der Waals surface area contributed by atoms with Gasteiger partial charge in [0.2, 0.25) is 15.9 Å². The van der Waals surface area contributed by atoms with Gasteiger partial charge >= 0.3 is 0 Å². The summed E-state index contributed by atoms with van der Waals surface area (Å²) in [5.41, 5.74) is 1.98. The maximum atomic E-state index is 12.7. The van der Waals surface area contributed by atoms with Gasteiger partial charge in [0.25, 0.3) is 0 Å². The number of nitrogens with zero attached hydrogens (tertiary/aromatic N) is 1. The molecule has 0 atom stereocenters. The summed E-state index contributed by atoms with van der Waals surface area (Å²) in [6.45, 7) is 2.92. The van der Waals surface area contributed by atoms with E-state index in [-0.39, 0.29) is 28.7 Å². The second-order valence-corrected chi connectivity index (χ2v) is 8.38. The van der Waals surface area contributed by atoms with Crippen LogP contribution in [-0.2, 0) is 21.2 Å². The van der Waals surface area contributed by atoms with Crippen LogP contribution in [0.4, 0.5) is 5.69 Å². The lowest BCUT2D eigenvalue weighted by Crippen LogP contribution is -2.28. The van der Waals surface area contributed by atoms with Crippen molar-refractivity contribution in [2.24, 2.45) is 0 Å². The molecule has 0 radical (unpaired) electrons. The van der Waals surface area contributed by atoms with E-state index in [0.717, 1.165) is 24.0 Å². The largest absolute Gasteiger partial charge is 0.506 e. The molecular formula is C19H22N2O4S. The van der Waals surface area contributed by atoms with Crippen LogP contribution in [0.25, 0.3) is 0 Å². The highest BCUT2D eigenvalue weighted by atomic mass is 32.2. The van der Waals surface area contributed by atoms with Crippen molar-refractivity contribution in [1.82, 2.24) is 4.31 Å². The summed E-state index contributed by atoms with van der Waals surface area (Å²) in [6, 6.07) is 11.5. The molecule has 2 N–H and O–H groups in total. The molecule has 1 aliphatic heterocycles. The number of aromatic hydroxyl groups is 1. The normalized spacial score (nSPS) is 15.1. The maximum absolute atomic E-state index is 12.7. The predicted molar refractivity (Wildman–Crippen MR) is 99.6 cm³/mol. The van der Waals surface area contributed by atoms with E-state index in [9.17, 15) is 18.3 Å². The molecule has 0 unspecified atom stereocenters. The first-order chi connectivity index (χ1) is 12.4. The Hall–Kier alpha value is -2.38. The number of benzene rings is 2. The number of anilines is 1. The molecular weight excluding hydrogens is 352 g/mol. The average molecular weight is 374 g/mol. The lowest BCUT2D eigenvalue weighted by Gasteiger charge is -2.17. The third-order valence-corrected chi connectivity index (χ3v) is 6.45. The monoisotopic (exact) mass is 374 g/mol. The van der Waals surface area contributed by atoms with Crippen molar-refractivity contribution in [2.45, 2.75) is 31.1 Å². The van der Waals surface area contributed by atoms with Crippen molar-refractivity contribution in [2.75, 3.05) is 18.4 Å². The molecule has 0 spiro atoms. The number of phenolic OH excluding ortho intramolecular Hbond substituents is 1. The molecule has 1 fully saturated rings. The van der Waals surface area contributed by atoms with Gasteiger partial charge in [-0.2, -0.15) is 4.31 Å². The zero-order valence-electron chi connectivity index (χ0n) is 14.6.